The van der Waals surface area contributed by atoms with Crippen molar-refractivity contribution in [3.8, 4) is 11.5 Å². The second-order valence-corrected chi connectivity index (χ2v) is 6.97. The van der Waals surface area contributed by atoms with Gasteiger partial charge in [0.05, 0.1) is 5.69 Å². The maximum absolute atomic E-state index is 6.37. The Balaban J connectivity index is 0.00000196. The molecule has 0 spiro atoms. The summed E-state index contributed by atoms with van der Waals surface area (Å²) in [6.45, 7) is 2.53. The molecule has 0 saturated carbocycles. The molecule has 3 aromatic rings. The van der Waals surface area contributed by atoms with E-state index in [1.807, 2.05) is 30.3 Å². The SMILES string of the molecule is Cl.N[C@@H]1CN(Cc2coc(-c3cccc(Cl)c3)n2)C[C@H]1c1ccccc1. The van der Waals surface area contributed by atoms with Crippen molar-refractivity contribution in [2.45, 2.75) is 18.5 Å². The average Bonchev–Trinajstić information content (AvgIpc) is 3.23. The predicted octanol–water partition coefficient (Wildman–Crippen LogP) is 4.34. The molecule has 2 aromatic carbocycles. The third-order valence-corrected chi connectivity index (χ3v) is 4.91. The van der Waals surface area contributed by atoms with Crippen LogP contribution in [0.1, 0.15) is 17.2 Å². The molecule has 26 heavy (non-hydrogen) atoms. The minimum atomic E-state index is 0. The van der Waals surface area contributed by atoms with Crippen molar-refractivity contribution in [2.75, 3.05) is 13.1 Å². The minimum absolute atomic E-state index is 0. The van der Waals surface area contributed by atoms with Gasteiger partial charge < -0.3 is 10.2 Å². The third kappa shape index (κ3) is 4.10. The van der Waals surface area contributed by atoms with E-state index in [4.69, 9.17) is 21.8 Å². The number of aromatic nitrogens is 1. The Morgan fingerprint density at radius 2 is 1.92 bits per heavy atom. The van der Waals surface area contributed by atoms with Crippen molar-refractivity contribution in [3.63, 3.8) is 0 Å². The summed E-state index contributed by atoms with van der Waals surface area (Å²) in [6, 6.07) is 18.2. The number of nitrogens with two attached hydrogens (primary N) is 1. The summed E-state index contributed by atoms with van der Waals surface area (Å²) in [6.07, 6.45) is 1.72. The Hall–Kier alpha value is -1.85. The Labute approximate surface area is 164 Å². The van der Waals surface area contributed by atoms with Crippen LogP contribution >= 0.6 is 24.0 Å². The number of rotatable bonds is 4. The number of oxazole rings is 1. The van der Waals surface area contributed by atoms with Gasteiger partial charge >= 0.3 is 0 Å². The monoisotopic (exact) mass is 389 g/mol. The van der Waals surface area contributed by atoms with E-state index in [1.54, 1.807) is 6.26 Å². The fraction of sp³-hybridized carbons (Fsp3) is 0.250. The molecule has 6 heteroatoms. The van der Waals surface area contributed by atoms with E-state index in [1.165, 1.54) is 5.56 Å². The van der Waals surface area contributed by atoms with E-state index in [0.29, 0.717) is 16.8 Å². The Morgan fingerprint density at radius 1 is 1.12 bits per heavy atom. The molecule has 0 amide bonds. The first kappa shape index (κ1) is 18.9. The van der Waals surface area contributed by atoms with Crippen LogP contribution < -0.4 is 5.73 Å². The van der Waals surface area contributed by atoms with E-state index in [9.17, 15) is 0 Å². The molecule has 4 nitrogen and oxygen atoms in total. The molecule has 1 aliphatic rings. The zero-order valence-corrected chi connectivity index (χ0v) is 15.8. The predicted molar refractivity (Wildman–Crippen MR) is 107 cm³/mol. The molecule has 2 atom stereocenters. The molecule has 4 rings (SSSR count). The van der Waals surface area contributed by atoms with Crippen molar-refractivity contribution in [1.29, 1.82) is 0 Å². The van der Waals surface area contributed by atoms with Crippen LogP contribution in [-0.4, -0.2) is 29.0 Å². The van der Waals surface area contributed by atoms with E-state index in [-0.39, 0.29) is 18.4 Å². The molecule has 1 aromatic heterocycles. The smallest absolute Gasteiger partial charge is 0.226 e. The first-order valence-corrected chi connectivity index (χ1v) is 8.80. The van der Waals surface area contributed by atoms with Crippen molar-refractivity contribution in [1.82, 2.24) is 9.88 Å². The Morgan fingerprint density at radius 3 is 2.69 bits per heavy atom. The second-order valence-electron chi connectivity index (χ2n) is 6.53. The highest BCUT2D eigenvalue weighted by Crippen LogP contribution is 2.28. The van der Waals surface area contributed by atoms with Crippen molar-refractivity contribution < 1.29 is 4.42 Å². The van der Waals surface area contributed by atoms with Gasteiger partial charge in [0.15, 0.2) is 0 Å². The van der Waals surface area contributed by atoms with Crippen LogP contribution in [0.3, 0.4) is 0 Å². The lowest BCUT2D eigenvalue weighted by Gasteiger charge is -2.14. The Kier molecular flexibility index (Phi) is 5.99. The topological polar surface area (TPSA) is 55.3 Å². The van der Waals surface area contributed by atoms with Crippen LogP contribution in [0.25, 0.3) is 11.5 Å². The fourth-order valence-electron chi connectivity index (χ4n) is 3.46. The molecule has 136 valence electrons. The number of halogens is 2. The van der Waals surface area contributed by atoms with Gasteiger partial charge in [0, 0.05) is 42.2 Å². The van der Waals surface area contributed by atoms with Crippen molar-refractivity contribution in [3.05, 3.63) is 77.1 Å². The van der Waals surface area contributed by atoms with Crippen LogP contribution in [-0.2, 0) is 6.54 Å². The quantitative estimate of drug-likeness (QED) is 0.720. The van der Waals surface area contributed by atoms with Crippen LogP contribution in [0.2, 0.25) is 5.02 Å². The maximum Gasteiger partial charge on any atom is 0.226 e. The molecule has 0 bridgehead atoms. The number of nitrogens with zero attached hydrogens (tertiary/aromatic N) is 2. The van der Waals surface area contributed by atoms with Gasteiger partial charge in [-0.1, -0.05) is 48.0 Å². The van der Waals surface area contributed by atoms with Crippen LogP contribution in [0.4, 0.5) is 0 Å². The summed E-state index contributed by atoms with van der Waals surface area (Å²) < 4.78 is 5.63. The van der Waals surface area contributed by atoms with Crippen LogP contribution in [0, 0.1) is 0 Å². The minimum Gasteiger partial charge on any atom is -0.444 e. The first-order chi connectivity index (χ1) is 12.2. The number of likely N-dealkylation sites (tertiary alicyclic amines) is 1. The van der Waals surface area contributed by atoms with Crippen molar-refractivity contribution >= 4 is 24.0 Å². The highest BCUT2D eigenvalue weighted by atomic mass is 35.5. The first-order valence-electron chi connectivity index (χ1n) is 8.42. The molecule has 0 unspecified atom stereocenters. The molecule has 1 aliphatic heterocycles. The summed E-state index contributed by atoms with van der Waals surface area (Å²) in [5.74, 6) is 0.959. The zero-order chi connectivity index (χ0) is 17.2. The molecule has 0 radical (unpaired) electrons. The number of benzene rings is 2. The highest BCUT2D eigenvalue weighted by molar-refractivity contribution is 6.30. The largest absolute Gasteiger partial charge is 0.444 e. The second kappa shape index (κ2) is 8.23. The summed E-state index contributed by atoms with van der Waals surface area (Å²) in [4.78, 5) is 6.94. The zero-order valence-electron chi connectivity index (χ0n) is 14.2. The molecular formula is C20H21Cl2N3O. The van der Waals surface area contributed by atoms with Gasteiger partial charge in [-0.25, -0.2) is 4.98 Å². The molecule has 1 fully saturated rings. The summed E-state index contributed by atoms with van der Waals surface area (Å²) >= 11 is 6.04. The van der Waals surface area contributed by atoms with Gasteiger partial charge in [-0.3, -0.25) is 4.90 Å². The van der Waals surface area contributed by atoms with Gasteiger partial charge in [-0.2, -0.15) is 0 Å². The number of hydrogen-bond donors (Lipinski definition) is 1. The van der Waals surface area contributed by atoms with E-state index in [2.05, 4.69) is 34.1 Å². The normalized spacial score (nSPS) is 20.1. The van der Waals surface area contributed by atoms with E-state index < -0.39 is 0 Å². The lowest BCUT2D eigenvalue weighted by Crippen LogP contribution is -2.28. The molecule has 2 heterocycles. The maximum atomic E-state index is 6.37. The van der Waals surface area contributed by atoms with Gasteiger partial charge in [0.2, 0.25) is 5.89 Å². The van der Waals surface area contributed by atoms with Gasteiger partial charge in [-0.05, 0) is 23.8 Å². The average molecular weight is 390 g/mol. The molecular weight excluding hydrogens is 369 g/mol. The van der Waals surface area contributed by atoms with Crippen LogP contribution in [0.15, 0.2) is 65.3 Å². The summed E-state index contributed by atoms with van der Waals surface area (Å²) in [7, 11) is 0. The van der Waals surface area contributed by atoms with Gasteiger partial charge in [0.25, 0.3) is 0 Å². The highest BCUT2D eigenvalue weighted by Gasteiger charge is 2.31. The summed E-state index contributed by atoms with van der Waals surface area (Å²) in [5, 5.41) is 0.675. The molecule has 1 saturated heterocycles. The van der Waals surface area contributed by atoms with Crippen LogP contribution in [0.5, 0.6) is 0 Å². The third-order valence-electron chi connectivity index (χ3n) is 4.68. The van der Waals surface area contributed by atoms with E-state index >= 15 is 0 Å². The molecule has 2 N–H and O–H groups in total. The Bertz CT molecular complexity index is 853. The van der Waals surface area contributed by atoms with Gasteiger partial charge in [0.1, 0.15) is 6.26 Å². The number of hydrogen-bond acceptors (Lipinski definition) is 4. The lowest BCUT2D eigenvalue weighted by molar-refractivity contribution is 0.319. The standard InChI is InChI=1S/C20H20ClN3O.ClH/c21-16-8-4-7-15(9-16)20-23-17(13-25-20)10-24-11-18(19(22)12-24)14-5-2-1-3-6-14;/h1-9,13,18-19H,10-12,22H2;1H/t18-,19+;/m0./s1. The van der Waals surface area contributed by atoms with Gasteiger partial charge in [-0.15, -0.1) is 12.4 Å². The van der Waals surface area contributed by atoms with E-state index in [0.717, 1.165) is 30.9 Å². The summed E-state index contributed by atoms with van der Waals surface area (Å²) in [5.41, 5.74) is 9.47. The van der Waals surface area contributed by atoms with Crippen molar-refractivity contribution in [2.24, 2.45) is 5.73 Å². The fourth-order valence-corrected chi connectivity index (χ4v) is 3.65. The molecule has 0 aliphatic carbocycles. The lowest BCUT2D eigenvalue weighted by atomic mass is 9.95.